The van der Waals surface area contributed by atoms with Crippen LogP contribution in [0.2, 0.25) is 0 Å². The fourth-order valence-electron chi connectivity index (χ4n) is 2.40. The lowest BCUT2D eigenvalue weighted by Crippen LogP contribution is -2.36. The molecule has 27 heavy (non-hydrogen) atoms. The van der Waals surface area contributed by atoms with E-state index in [0.717, 1.165) is 29.1 Å². The van der Waals surface area contributed by atoms with Gasteiger partial charge in [-0.15, -0.1) is 0 Å². The molecule has 0 bridgehead atoms. The molecule has 2 aromatic rings. The highest BCUT2D eigenvalue weighted by molar-refractivity contribution is 7.88. The van der Waals surface area contributed by atoms with Crippen molar-refractivity contribution in [2.45, 2.75) is 39.6 Å². The van der Waals surface area contributed by atoms with Gasteiger partial charge in [0.1, 0.15) is 5.76 Å². The number of aromatic nitrogens is 1. The van der Waals surface area contributed by atoms with Crippen molar-refractivity contribution in [2.24, 2.45) is 4.99 Å². The van der Waals surface area contributed by atoms with Gasteiger partial charge >= 0.3 is 0 Å². The van der Waals surface area contributed by atoms with Gasteiger partial charge in [0.05, 0.1) is 24.5 Å². The Morgan fingerprint density at radius 1 is 1.22 bits per heavy atom. The molecule has 0 aliphatic heterocycles. The van der Waals surface area contributed by atoms with Crippen molar-refractivity contribution in [1.82, 2.24) is 20.3 Å². The Hall–Kier alpha value is -2.39. The van der Waals surface area contributed by atoms with Gasteiger partial charge in [-0.1, -0.05) is 24.3 Å². The largest absolute Gasteiger partial charge is 0.444 e. The fourth-order valence-corrected chi connectivity index (χ4v) is 3.16. The topological polar surface area (TPSA) is 109 Å². The number of benzene rings is 1. The predicted octanol–water partition coefficient (Wildman–Crippen LogP) is 1.60. The van der Waals surface area contributed by atoms with Gasteiger partial charge in [0.25, 0.3) is 0 Å². The average Bonchev–Trinajstić information content (AvgIpc) is 2.95. The minimum atomic E-state index is -3.30. The number of hydrogen-bond acceptors (Lipinski definition) is 5. The van der Waals surface area contributed by atoms with Gasteiger partial charge in [-0.2, -0.15) is 0 Å². The van der Waals surface area contributed by atoms with E-state index in [2.05, 4.69) is 25.3 Å². The second kappa shape index (κ2) is 9.52. The molecule has 148 valence electrons. The normalized spacial score (nSPS) is 12.2. The molecule has 0 aliphatic carbocycles. The van der Waals surface area contributed by atoms with E-state index in [-0.39, 0.29) is 5.75 Å². The van der Waals surface area contributed by atoms with Crippen LogP contribution < -0.4 is 15.4 Å². The van der Waals surface area contributed by atoms with E-state index in [1.807, 2.05) is 39.0 Å². The molecule has 8 nitrogen and oxygen atoms in total. The second-order valence-electron chi connectivity index (χ2n) is 6.08. The summed E-state index contributed by atoms with van der Waals surface area (Å²) in [6.45, 7) is 7.35. The Labute approximate surface area is 160 Å². The molecule has 1 aromatic heterocycles. The van der Waals surface area contributed by atoms with E-state index in [1.165, 1.54) is 7.05 Å². The van der Waals surface area contributed by atoms with Gasteiger partial charge in [-0.25, -0.2) is 23.1 Å². The SMILES string of the molecule is CCNC(=NCc1cccc(CS(=O)(=O)NC)c1)NCc1nc(C)c(C)o1. The van der Waals surface area contributed by atoms with Crippen molar-refractivity contribution in [3.8, 4) is 0 Å². The zero-order chi connectivity index (χ0) is 19.9. The predicted molar refractivity (Wildman–Crippen MR) is 106 cm³/mol. The molecular formula is C18H27N5O3S. The zero-order valence-electron chi connectivity index (χ0n) is 16.2. The molecule has 0 atom stereocenters. The quantitative estimate of drug-likeness (QED) is 0.464. The Bertz CT molecular complexity index is 871. The smallest absolute Gasteiger partial charge is 0.215 e. The van der Waals surface area contributed by atoms with Crippen molar-refractivity contribution in [3.05, 3.63) is 52.7 Å². The number of nitrogens with one attached hydrogen (secondary N) is 3. The van der Waals surface area contributed by atoms with E-state index in [0.29, 0.717) is 24.9 Å². The Balaban J connectivity index is 2.03. The van der Waals surface area contributed by atoms with Gasteiger partial charge in [-0.05, 0) is 38.9 Å². The molecule has 0 saturated heterocycles. The van der Waals surface area contributed by atoms with Crippen LogP contribution in [0.1, 0.15) is 35.4 Å². The third-order valence-corrected chi connectivity index (χ3v) is 5.24. The van der Waals surface area contributed by atoms with Crippen LogP contribution in [0.5, 0.6) is 0 Å². The first kappa shape index (κ1) is 20.9. The number of aryl methyl sites for hydroxylation is 2. The maximum atomic E-state index is 11.7. The van der Waals surface area contributed by atoms with E-state index in [9.17, 15) is 8.42 Å². The Kier molecular flexibility index (Phi) is 7.37. The molecule has 0 amide bonds. The average molecular weight is 394 g/mol. The van der Waals surface area contributed by atoms with Crippen molar-refractivity contribution in [2.75, 3.05) is 13.6 Å². The summed E-state index contributed by atoms with van der Waals surface area (Å²) in [7, 11) is -1.89. The van der Waals surface area contributed by atoms with Crippen LogP contribution in [-0.4, -0.2) is 33.0 Å². The number of sulfonamides is 1. The highest BCUT2D eigenvalue weighted by atomic mass is 32.2. The third-order valence-electron chi connectivity index (χ3n) is 3.90. The maximum Gasteiger partial charge on any atom is 0.215 e. The van der Waals surface area contributed by atoms with Crippen LogP contribution in [0.3, 0.4) is 0 Å². The standard InChI is InChI=1S/C18H27N5O3S/c1-5-20-18(22-11-17-23-13(2)14(3)26-17)21-10-15-7-6-8-16(9-15)12-27(24,25)19-4/h6-9,19H,5,10-12H2,1-4H3,(H2,20,21,22). The molecule has 0 saturated carbocycles. The van der Waals surface area contributed by atoms with Crippen molar-refractivity contribution in [3.63, 3.8) is 0 Å². The zero-order valence-corrected chi connectivity index (χ0v) is 17.0. The van der Waals surface area contributed by atoms with E-state index in [4.69, 9.17) is 4.42 Å². The highest BCUT2D eigenvalue weighted by Crippen LogP contribution is 2.10. The number of oxazole rings is 1. The summed E-state index contributed by atoms with van der Waals surface area (Å²) < 4.78 is 31.3. The molecule has 0 radical (unpaired) electrons. The number of nitrogens with zero attached hydrogens (tertiary/aromatic N) is 2. The molecule has 1 aromatic carbocycles. The maximum absolute atomic E-state index is 11.7. The molecule has 2 rings (SSSR count). The lowest BCUT2D eigenvalue weighted by molar-refractivity contribution is 0.463. The van der Waals surface area contributed by atoms with Crippen molar-refractivity contribution in [1.29, 1.82) is 0 Å². The Morgan fingerprint density at radius 2 is 1.96 bits per heavy atom. The minimum absolute atomic E-state index is 0.0533. The Morgan fingerprint density at radius 3 is 2.59 bits per heavy atom. The summed E-state index contributed by atoms with van der Waals surface area (Å²) in [5.41, 5.74) is 2.53. The first-order valence-electron chi connectivity index (χ1n) is 8.77. The van der Waals surface area contributed by atoms with E-state index < -0.39 is 10.0 Å². The third kappa shape index (κ3) is 6.69. The molecule has 0 fully saturated rings. The minimum Gasteiger partial charge on any atom is -0.444 e. The van der Waals surface area contributed by atoms with E-state index >= 15 is 0 Å². The summed E-state index contributed by atoms with van der Waals surface area (Å²) >= 11 is 0. The molecule has 0 spiro atoms. The fraction of sp³-hybridized carbons (Fsp3) is 0.444. The lowest BCUT2D eigenvalue weighted by Gasteiger charge is -2.10. The number of guanidine groups is 1. The van der Waals surface area contributed by atoms with Gasteiger partial charge in [-0.3, -0.25) is 0 Å². The van der Waals surface area contributed by atoms with Crippen LogP contribution in [0.4, 0.5) is 0 Å². The highest BCUT2D eigenvalue weighted by Gasteiger charge is 2.09. The lowest BCUT2D eigenvalue weighted by atomic mass is 10.1. The number of aliphatic imine (C=N–C) groups is 1. The number of rotatable bonds is 8. The second-order valence-corrected chi connectivity index (χ2v) is 8.01. The number of hydrogen-bond donors (Lipinski definition) is 3. The van der Waals surface area contributed by atoms with Crippen molar-refractivity contribution >= 4 is 16.0 Å². The van der Waals surface area contributed by atoms with Gasteiger partial charge in [0, 0.05) is 6.54 Å². The van der Waals surface area contributed by atoms with Gasteiger partial charge in [0.15, 0.2) is 5.96 Å². The molecular weight excluding hydrogens is 366 g/mol. The summed E-state index contributed by atoms with van der Waals surface area (Å²) in [4.78, 5) is 8.89. The monoisotopic (exact) mass is 393 g/mol. The summed E-state index contributed by atoms with van der Waals surface area (Å²) in [6, 6.07) is 7.40. The first-order valence-corrected chi connectivity index (χ1v) is 10.4. The van der Waals surface area contributed by atoms with Gasteiger partial charge < -0.3 is 15.1 Å². The van der Waals surface area contributed by atoms with Crippen LogP contribution in [0.15, 0.2) is 33.7 Å². The van der Waals surface area contributed by atoms with Crippen LogP contribution in [0, 0.1) is 13.8 Å². The molecule has 0 aliphatic rings. The van der Waals surface area contributed by atoms with Crippen LogP contribution in [-0.2, 0) is 28.9 Å². The molecule has 9 heteroatoms. The van der Waals surface area contributed by atoms with E-state index in [1.54, 1.807) is 6.07 Å². The molecule has 1 heterocycles. The van der Waals surface area contributed by atoms with Gasteiger partial charge in [0.2, 0.25) is 15.9 Å². The molecule has 0 unspecified atom stereocenters. The molecule has 3 N–H and O–H groups in total. The van der Waals surface area contributed by atoms with Crippen molar-refractivity contribution < 1.29 is 12.8 Å². The van der Waals surface area contributed by atoms with Crippen LogP contribution >= 0.6 is 0 Å². The summed E-state index contributed by atoms with van der Waals surface area (Å²) in [5, 5.41) is 6.36. The van der Waals surface area contributed by atoms with Crippen LogP contribution in [0.25, 0.3) is 0 Å². The first-order chi connectivity index (χ1) is 12.8. The summed E-state index contributed by atoms with van der Waals surface area (Å²) in [5.74, 6) is 2.00. The summed E-state index contributed by atoms with van der Waals surface area (Å²) in [6.07, 6.45) is 0.